The highest BCUT2D eigenvalue weighted by atomic mass is 16.5. The van der Waals surface area contributed by atoms with Crippen LogP contribution in [0.3, 0.4) is 0 Å². The standard InChI is InChI=1S/C18H26O4/c1-13(21-15(3)19)5-7-17-9-11-18(12-10-17)8-6-14(2)22-16(4)20/h9-14H,5-8H2,1-4H3/t13-,14-/m0/s1. The number of hydrogen-bond acceptors (Lipinski definition) is 4. The molecule has 4 heteroatoms. The van der Waals surface area contributed by atoms with Crippen LogP contribution >= 0.6 is 0 Å². The van der Waals surface area contributed by atoms with Gasteiger partial charge in [-0.05, 0) is 50.7 Å². The average Bonchev–Trinajstić information content (AvgIpc) is 2.42. The maximum Gasteiger partial charge on any atom is 0.302 e. The summed E-state index contributed by atoms with van der Waals surface area (Å²) in [6.45, 7) is 6.68. The van der Waals surface area contributed by atoms with E-state index in [-0.39, 0.29) is 24.1 Å². The van der Waals surface area contributed by atoms with Gasteiger partial charge in [0.15, 0.2) is 0 Å². The van der Waals surface area contributed by atoms with Gasteiger partial charge in [-0.15, -0.1) is 0 Å². The molecule has 0 aliphatic heterocycles. The fourth-order valence-electron chi connectivity index (χ4n) is 2.30. The SMILES string of the molecule is CC(=O)O[C@@H](C)CCc1ccc(CC[C@H](C)OC(C)=O)cc1. The van der Waals surface area contributed by atoms with Crippen molar-refractivity contribution in [2.45, 2.75) is 65.6 Å². The van der Waals surface area contributed by atoms with E-state index in [4.69, 9.17) is 9.47 Å². The molecule has 22 heavy (non-hydrogen) atoms. The number of rotatable bonds is 8. The van der Waals surface area contributed by atoms with Crippen LogP contribution in [0.15, 0.2) is 24.3 Å². The Morgan fingerprint density at radius 3 is 1.41 bits per heavy atom. The molecule has 0 aliphatic rings. The molecule has 0 bridgehead atoms. The van der Waals surface area contributed by atoms with Gasteiger partial charge >= 0.3 is 11.9 Å². The molecule has 0 amide bonds. The lowest BCUT2D eigenvalue weighted by molar-refractivity contribution is -0.146. The van der Waals surface area contributed by atoms with E-state index in [1.165, 1.54) is 25.0 Å². The summed E-state index contributed by atoms with van der Waals surface area (Å²) in [7, 11) is 0. The number of ether oxygens (including phenoxy) is 2. The van der Waals surface area contributed by atoms with Crippen molar-refractivity contribution in [3.63, 3.8) is 0 Å². The fourth-order valence-corrected chi connectivity index (χ4v) is 2.30. The van der Waals surface area contributed by atoms with Crippen LogP contribution in [0.25, 0.3) is 0 Å². The zero-order valence-corrected chi connectivity index (χ0v) is 13.9. The highest BCUT2D eigenvalue weighted by Crippen LogP contribution is 2.12. The van der Waals surface area contributed by atoms with Crippen LogP contribution in [0, 0.1) is 0 Å². The first-order valence-electron chi connectivity index (χ1n) is 7.79. The summed E-state index contributed by atoms with van der Waals surface area (Å²) in [5.74, 6) is -0.463. The number of aryl methyl sites for hydroxylation is 2. The third-order valence-corrected chi connectivity index (χ3v) is 3.44. The Bertz CT molecular complexity index is 433. The molecule has 0 heterocycles. The van der Waals surface area contributed by atoms with Crippen molar-refractivity contribution < 1.29 is 19.1 Å². The van der Waals surface area contributed by atoms with Crippen molar-refractivity contribution in [3.05, 3.63) is 35.4 Å². The minimum atomic E-state index is -0.232. The molecule has 122 valence electrons. The maximum atomic E-state index is 10.9. The molecule has 1 aromatic carbocycles. The number of esters is 2. The molecule has 4 nitrogen and oxygen atoms in total. The number of benzene rings is 1. The molecule has 0 saturated carbocycles. The summed E-state index contributed by atoms with van der Waals surface area (Å²) < 4.78 is 10.2. The zero-order chi connectivity index (χ0) is 16.5. The molecular formula is C18H26O4. The highest BCUT2D eigenvalue weighted by Gasteiger charge is 2.07. The molecule has 0 radical (unpaired) electrons. The minimum absolute atomic E-state index is 0.0539. The van der Waals surface area contributed by atoms with Gasteiger partial charge in [0.2, 0.25) is 0 Å². The topological polar surface area (TPSA) is 52.6 Å². The highest BCUT2D eigenvalue weighted by molar-refractivity contribution is 5.66. The van der Waals surface area contributed by atoms with Gasteiger partial charge in [-0.3, -0.25) is 9.59 Å². The lowest BCUT2D eigenvalue weighted by atomic mass is 10.0. The van der Waals surface area contributed by atoms with E-state index in [0.29, 0.717) is 0 Å². The van der Waals surface area contributed by atoms with Gasteiger partial charge in [0.05, 0.1) is 12.2 Å². The molecule has 0 spiro atoms. The summed E-state index contributed by atoms with van der Waals surface area (Å²) >= 11 is 0. The van der Waals surface area contributed by atoms with Gasteiger partial charge in [0, 0.05) is 13.8 Å². The van der Waals surface area contributed by atoms with Gasteiger partial charge in [0.25, 0.3) is 0 Å². The Morgan fingerprint density at radius 2 is 1.14 bits per heavy atom. The molecule has 0 fully saturated rings. The van der Waals surface area contributed by atoms with E-state index < -0.39 is 0 Å². The summed E-state index contributed by atoms with van der Waals surface area (Å²) in [4.78, 5) is 21.7. The van der Waals surface area contributed by atoms with Gasteiger partial charge in [-0.1, -0.05) is 24.3 Å². The van der Waals surface area contributed by atoms with Crippen LogP contribution in [0.5, 0.6) is 0 Å². The Hall–Kier alpha value is -1.84. The van der Waals surface area contributed by atoms with Crippen LogP contribution in [-0.4, -0.2) is 24.1 Å². The number of carbonyl (C=O) groups excluding carboxylic acids is 2. The van der Waals surface area contributed by atoms with E-state index in [1.807, 2.05) is 13.8 Å². The largest absolute Gasteiger partial charge is 0.463 e. The Morgan fingerprint density at radius 1 is 0.818 bits per heavy atom. The van der Waals surface area contributed by atoms with Crippen LogP contribution < -0.4 is 0 Å². The summed E-state index contributed by atoms with van der Waals surface area (Å²) in [6.07, 6.45) is 3.31. The molecule has 0 N–H and O–H groups in total. The quantitative estimate of drug-likeness (QED) is 0.690. The van der Waals surface area contributed by atoms with Gasteiger partial charge in [-0.2, -0.15) is 0 Å². The normalized spacial score (nSPS) is 13.3. The molecule has 2 atom stereocenters. The second-order valence-corrected chi connectivity index (χ2v) is 5.73. The van der Waals surface area contributed by atoms with Crippen molar-refractivity contribution in [2.75, 3.05) is 0 Å². The lowest BCUT2D eigenvalue weighted by Gasteiger charge is -2.13. The van der Waals surface area contributed by atoms with Crippen LogP contribution in [0.2, 0.25) is 0 Å². The summed E-state index contributed by atoms with van der Waals surface area (Å²) in [5, 5.41) is 0. The molecule has 0 saturated heterocycles. The van der Waals surface area contributed by atoms with Crippen LogP contribution in [-0.2, 0) is 31.9 Å². The van der Waals surface area contributed by atoms with E-state index in [0.717, 1.165) is 25.7 Å². The molecule has 0 aliphatic carbocycles. The predicted molar refractivity (Wildman–Crippen MR) is 85.5 cm³/mol. The van der Waals surface area contributed by atoms with Crippen molar-refractivity contribution in [1.29, 1.82) is 0 Å². The van der Waals surface area contributed by atoms with Gasteiger partial charge in [0.1, 0.15) is 0 Å². The van der Waals surface area contributed by atoms with Crippen LogP contribution in [0.1, 0.15) is 51.7 Å². The first-order valence-corrected chi connectivity index (χ1v) is 7.79. The second kappa shape index (κ2) is 9.23. The molecule has 0 unspecified atom stereocenters. The molecule has 0 aromatic heterocycles. The van der Waals surface area contributed by atoms with E-state index in [2.05, 4.69) is 24.3 Å². The average molecular weight is 306 g/mol. The Labute approximate surface area is 132 Å². The minimum Gasteiger partial charge on any atom is -0.463 e. The van der Waals surface area contributed by atoms with Gasteiger partial charge < -0.3 is 9.47 Å². The van der Waals surface area contributed by atoms with E-state index in [1.54, 1.807) is 0 Å². The predicted octanol–water partition coefficient (Wildman–Crippen LogP) is 3.46. The van der Waals surface area contributed by atoms with E-state index in [9.17, 15) is 9.59 Å². The van der Waals surface area contributed by atoms with Crippen molar-refractivity contribution in [1.82, 2.24) is 0 Å². The van der Waals surface area contributed by atoms with Crippen molar-refractivity contribution >= 4 is 11.9 Å². The Kier molecular flexibility index (Phi) is 7.64. The van der Waals surface area contributed by atoms with Crippen LogP contribution in [0.4, 0.5) is 0 Å². The Balaban J connectivity index is 2.36. The zero-order valence-electron chi connectivity index (χ0n) is 13.9. The van der Waals surface area contributed by atoms with Crippen molar-refractivity contribution in [2.24, 2.45) is 0 Å². The lowest BCUT2D eigenvalue weighted by Crippen LogP contribution is -2.13. The third-order valence-electron chi connectivity index (χ3n) is 3.44. The van der Waals surface area contributed by atoms with Gasteiger partial charge in [-0.25, -0.2) is 0 Å². The second-order valence-electron chi connectivity index (χ2n) is 5.73. The third kappa shape index (κ3) is 7.81. The number of hydrogen-bond donors (Lipinski definition) is 0. The smallest absolute Gasteiger partial charge is 0.302 e. The first-order chi connectivity index (χ1) is 10.4. The summed E-state index contributed by atoms with van der Waals surface area (Å²) in [5.41, 5.74) is 2.46. The summed E-state index contributed by atoms with van der Waals surface area (Å²) in [6, 6.07) is 8.41. The first kappa shape index (κ1) is 18.2. The molecule has 1 aromatic rings. The number of carbonyl (C=O) groups is 2. The van der Waals surface area contributed by atoms with Crippen molar-refractivity contribution in [3.8, 4) is 0 Å². The molecular weight excluding hydrogens is 280 g/mol. The fraction of sp³-hybridized carbons (Fsp3) is 0.556. The molecule has 1 rings (SSSR count). The monoisotopic (exact) mass is 306 g/mol. The van der Waals surface area contributed by atoms with E-state index >= 15 is 0 Å². The maximum absolute atomic E-state index is 10.9.